The maximum absolute atomic E-state index is 16.1. The van der Waals surface area contributed by atoms with E-state index in [-0.39, 0.29) is 34.6 Å². The van der Waals surface area contributed by atoms with E-state index in [4.69, 9.17) is 4.74 Å². The van der Waals surface area contributed by atoms with E-state index in [0.29, 0.717) is 29.3 Å². The van der Waals surface area contributed by atoms with Gasteiger partial charge < -0.3 is 24.6 Å². The van der Waals surface area contributed by atoms with Crippen LogP contribution in [0.15, 0.2) is 22.0 Å². The molecule has 2 atom stereocenters. The average molecular weight is 476 g/mol. The van der Waals surface area contributed by atoms with E-state index in [1.165, 1.54) is 18.0 Å². The molecule has 1 saturated carbocycles. The number of amides is 1. The minimum atomic E-state index is -1.31. The average Bonchev–Trinajstić information content (AvgIpc) is 3.48. The number of carbonyl (C=O) groups excluding carboxylic acids is 1. The van der Waals surface area contributed by atoms with Crippen molar-refractivity contribution in [3.63, 3.8) is 0 Å². The minimum Gasteiger partial charge on any atom is -0.477 e. The normalized spacial score (nSPS) is 22.1. The number of alkyl carbamates (subject to hydrolysis) is 1. The van der Waals surface area contributed by atoms with Crippen LogP contribution >= 0.6 is 11.8 Å². The summed E-state index contributed by atoms with van der Waals surface area (Å²) in [5, 5.41) is 12.5. The van der Waals surface area contributed by atoms with E-state index in [0.717, 1.165) is 12.8 Å². The van der Waals surface area contributed by atoms with Gasteiger partial charge in [-0.3, -0.25) is 4.79 Å². The predicted molar refractivity (Wildman–Crippen MR) is 123 cm³/mol. The fourth-order valence-corrected chi connectivity index (χ4v) is 6.06. The number of pyridine rings is 1. The Bertz CT molecular complexity index is 1230. The number of benzene rings is 1. The Labute approximate surface area is 194 Å². The van der Waals surface area contributed by atoms with Crippen molar-refractivity contribution < 1.29 is 23.8 Å². The van der Waals surface area contributed by atoms with Crippen molar-refractivity contribution in [1.29, 1.82) is 0 Å². The molecule has 1 aromatic heterocycles. The Morgan fingerprint density at radius 2 is 2.00 bits per heavy atom. The Morgan fingerprint density at radius 1 is 1.27 bits per heavy atom. The number of halogens is 1. The molecule has 1 aliphatic carbocycles. The van der Waals surface area contributed by atoms with Gasteiger partial charge in [0.1, 0.15) is 11.2 Å². The molecule has 8 nitrogen and oxygen atoms in total. The molecule has 176 valence electrons. The number of aromatic carboxylic acids is 1. The summed E-state index contributed by atoms with van der Waals surface area (Å²) in [5.74, 6) is -1.20. The lowest BCUT2D eigenvalue weighted by Gasteiger charge is -2.36. The highest BCUT2D eigenvalue weighted by Crippen LogP contribution is 2.46. The standard InChI is InChI=1S/C23H26FN3O5S/c1-23(2,3)32-22(31)25-14-6-7-26-15(14)10-33-16-8-12-18(17(24)19(16)26)27(11-4-5-11)9-13(20(12)28)21(29)30/h8-9,11,14-15H,4-7,10H2,1-3H3,(H,25,31)(H,29,30). The second kappa shape index (κ2) is 7.65. The van der Waals surface area contributed by atoms with Gasteiger partial charge in [0.15, 0.2) is 5.82 Å². The molecule has 0 spiro atoms. The number of ether oxygens (including phenoxy) is 1. The van der Waals surface area contributed by atoms with Gasteiger partial charge in [-0.15, -0.1) is 11.8 Å². The SMILES string of the molecule is CC(C)(C)OC(=O)NC1CCN2c3c(cc4c(=O)c(C(=O)O)cn(C5CC5)c4c3F)SCC12. The summed E-state index contributed by atoms with van der Waals surface area (Å²) in [7, 11) is 0. The first-order chi connectivity index (χ1) is 15.5. The van der Waals surface area contributed by atoms with E-state index in [1.54, 1.807) is 31.4 Å². The molecule has 2 aromatic rings. The van der Waals surface area contributed by atoms with Crippen molar-refractivity contribution in [1.82, 2.24) is 9.88 Å². The molecule has 3 heterocycles. The predicted octanol–water partition coefficient (Wildman–Crippen LogP) is 3.75. The zero-order chi connectivity index (χ0) is 23.7. The highest BCUT2D eigenvalue weighted by Gasteiger charge is 2.42. The third-order valence-corrected chi connectivity index (χ3v) is 7.44. The first-order valence-corrected chi connectivity index (χ1v) is 12.1. The minimum absolute atomic E-state index is 0.00838. The molecule has 5 rings (SSSR count). The molecule has 2 aliphatic heterocycles. The molecule has 0 bridgehead atoms. The molecule has 1 amide bonds. The molecular formula is C23H26FN3O5S. The summed E-state index contributed by atoms with van der Waals surface area (Å²) < 4.78 is 23.1. The maximum Gasteiger partial charge on any atom is 0.407 e. The van der Waals surface area contributed by atoms with Gasteiger partial charge >= 0.3 is 12.1 Å². The van der Waals surface area contributed by atoms with Crippen molar-refractivity contribution in [3.8, 4) is 0 Å². The van der Waals surface area contributed by atoms with Gasteiger partial charge in [0, 0.05) is 29.4 Å². The molecular weight excluding hydrogens is 449 g/mol. The quantitative estimate of drug-likeness (QED) is 0.697. The van der Waals surface area contributed by atoms with Crippen molar-refractivity contribution in [2.45, 2.75) is 68.7 Å². The van der Waals surface area contributed by atoms with E-state index >= 15 is 4.39 Å². The Balaban J connectivity index is 1.55. The topological polar surface area (TPSA) is 101 Å². The fourth-order valence-electron chi connectivity index (χ4n) is 4.75. The van der Waals surface area contributed by atoms with E-state index in [2.05, 4.69) is 5.32 Å². The highest BCUT2D eigenvalue weighted by molar-refractivity contribution is 7.99. The first-order valence-electron chi connectivity index (χ1n) is 11.1. The van der Waals surface area contributed by atoms with E-state index in [9.17, 15) is 19.5 Å². The maximum atomic E-state index is 16.1. The van der Waals surface area contributed by atoms with E-state index in [1.807, 2.05) is 4.90 Å². The smallest absolute Gasteiger partial charge is 0.407 e. The number of hydrogen-bond acceptors (Lipinski definition) is 6. The summed E-state index contributed by atoms with van der Waals surface area (Å²) in [5.41, 5.74) is -1.02. The van der Waals surface area contributed by atoms with Gasteiger partial charge in [-0.25, -0.2) is 14.0 Å². The Morgan fingerprint density at radius 3 is 2.64 bits per heavy atom. The van der Waals surface area contributed by atoms with Gasteiger partial charge in [-0.05, 0) is 46.1 Å². The molecule has 33 heavy (non-hydrogen) atoms. The molecule has 3 aliphatic rings. The second-order valence-electron chi connectivity index (χ2n) is 9.86. The van der Waals surface area contributed by atoms with Crippen LogP contribution in [0.5, 0.6) is 0 Å². The fraction of sp³-hybridized carbons (Fsp3) is 0.522. The van der Waals surface area contributed by atoms with Crippen molar-refractivity contribution >= 4 is 40.4 Å². The van der Waals surface area contributed by atoms with Crippen LogP contribution in [0.2, 0.25) is 0 Å². The summed E-state index contributed by atoms with van der Waals surface area (Å²) in [6.07, 6.45) is 3.07. The van der Waals surface area contributed by atoms with Gasteiger partial charge in [0.2, 0.25) is 5.43 Å². The zero-order valence-corrected chi connectivity index (χ0v) is 19.5. The van der Waals surface area contributed by atoms with Crippen LogP contribution in [0.25, 0.3) is 10.9 Å². The number of nitrogens with zero attached hydrogens (tertiary/aromatic N) is 2. The lowest BCUT2D eigenvalue weighted by Crippen LogP contribution is -2.49. The van der Waals surface area contributed by atoms with Gasteiger partial charge in [0.05, 0.1) is 28.7 Å². The van der Waals surface area contributed by atoms with E-state index < -0.39 is 28.9 Å². The Hall–Kier alpha value is -2.75. The van der Waals surface area contributed by atoms with Crippen LogP contribution in [-0.4, -0.2) is 51.7 Å². The van der Waals surface area contributed by atoms with Gasteiger partial charge in [-0.1, -0.05) is 0 Å². The summed E-state index contributed by atoms with van der Waals surface area (Å²) in [4.78, 5) is 39.4. The lowest BCUT2D eigenvalue weighted by molar-refractivity contribution is 0.0502. The van der Waals surface area contributed by atoms with Crippen LogP contribution in [0, 0.1) is 5.82 Å². The largest absolute Gasteiger partial charge is 0.477 e. The van der Waals surface area contributed by atoms with Crippen LogP contribution in [0.3, 0.4) is 0 Å². The number of carbonyl (C=O) groups is 2. The molecule has 10 heteroatoms. The number of carboxylic acid groups (broad SMARTS) is 1. The van der Waals surface area contributed by atoms with Gasteiger partial charge in [0.25, 0.3) is 0 Å². The summed E-state index contributed by atoms with van der Waals surface area (Å²) in [6, 6.07) is 1.33. The van der Waals surface area contributed by atoms with Crippen LogP contribution in [-0.2, 0) is 4.74 Å². The molecule has 1 saturated heterocycles. The van der Waals surface area contributed by atoms with Crippen LogP contribution in [0.4, 0.5) is 14.9 Å². The highest BCUT2D eigenvalue weighted by atomic mass is 32.2. The Kier molecular flexibility index (Phi) is 5.11. The number of aromatic nitrogens is 1. The number of thioether (sulfide) groups is 1. The first kappa shape index (κ1) is 22.1. The molecule has 2 N–H and O–H groups in total. The molecule has 0 radical (unpaired) electrons. The monoisotopic (exact) mass is 475 g/mol. The lowest BCUT2D eigenvalue weighted by atomic mass is 10.1. The second-order valence-corrected chi connectivity index (χ2v) is 10.9. The van der Waals surface area contributed by atoms with Crippen molar-refractivity contribution in [2.24, 2.45) is 0 Å². The number of fused-ring (bicyclic) bond motifs is 4. The number of anilines is 1. The third kappa shape index (κ3) is 3.84. The van der Waals surface area contributed by atoms with Crippen LogP contribution in [0.1, 0.15) is 56.4 Å². The van der Waals surface area contributed by atoms with Crippen molar-refractivity contribution in [2.75, 3.05) is 17.2 Å². The summed E-state index contributed by atoms with van der Waals surface area (Å²) >= 11 is 1.42. The van der Waals surface area contributed by atoms with Crippen LogP contribution < -0.4 is 15.6 Å². The van der Waals surface area contributed by atoms with Gasteiger partial charge in [-0.2, -0.15) is 0 Å². The zero-order valence-electron chi connectivity index (χ0n) is 18.7. The molecule has 2 unspecified atom stereocenters. The molecule has 1 aromatic carbocycles. The number of nitrogens with one attached hydrogen (secondary N) is 1. The number of hydrogen-bond donors (Lipinski definition) is 2. The number of carboxylic acids is 1. The summed E-state index contributed by atoms with van der Waals surface area (Å²) in [6.45, 7) is 5.96. The third-order valence-electron chi connectivity index (χ3n) is 6.31. The molecule has 2 fully saturated rings. The number of rotatable bonds is 3. The van der Waals surface area contributed by atoms with Crippen molar-refractivity contribution in [3.05, 3.63) is 33.9 Å².